The largest absolute Gasteiger partial charge is 0.416 e. The van der Waals surface area contributed by atoms with Gasteiger partial charge in [-0.25, -0.2) is 0 Å². The van der Waals surface area contributed by atoms with Crippen molar-refractivity contribution in [3.05, 3.63) is 35.5 Å². The maximum atomic E-state index is 12.5. The van der Waals surface area contributed by atoms with Gasteiger partial charge in [0.05, 0.1) is 5.56 Å². The molecular weight excluding hydrogens is 229 g/mol. The third kappa shape index (κ3) is 2.44. The molecule has 1 aromatic carbocycles. The van der Waals surface area contributed by atoms with Gasteiger partial charge in [-0.15, -0.1) is 0 Å². The highest BCUT2D eigenvalue weighted by atomic mass is 19.4. The molecule has 0 saturated heterocycles. The number of halogens is 3. The summed E-state index contributed by atoms with van der Waals surface area (Å²) in [5.41, 5.74) is 0.902. The van der Waals surface area contributed by atoms with Crippen LogP contribution in [-0.4, -0.2) is 24.0 Å². The van der Waals surface area contributed by atoms with E-state index < -0.39 is 11.7 Å². The predicted molar refractivity (Wildman–Crippen MR) is 60.7 cm³/mol. The summed E-state index contributed by atoms with van der Waals surface area (Å²) in [5, 5.41) is 0.840. The first-order valence-corrected chi connectivity index (χ1v) is 5.20. The molecule has 0 atom stereocenters. The van der Waals surface area contributed by atoms with Crippen molar-refractivity contribution in [2.75, 3.05) is 14.1 Å². The molecule has 0 saturated carbocycles. The van der Waals surface area contributed by atoms with Gasteiger partial charge in [0.25, 0.3) is 0 Å². The summed E-state index contributed by atoms with van der Waals surface area (Å²) in [4.78, 5) is 4.85. The SMILES string of the molecule is CN(C)Cc1c[nH]c2cc(C(F)(F)F)ccc12. The van der Waals surface area contributed by atoms with E-state index in [9.17, 15) is 13.2 Å². The molecule has 0 amide bonds. The average molecular weight is 242 g/mol. The number of nitrogens with zero attached hydrogens (tertiary/aromatic N) is 1. The summed E-state index contributed by atoms with van der Waals surface area (Å²) in [6, 6.07) is 3.79. The van der Waals surface area contributed by atoms with Gasteiger partial charge in [0, 0.05) is 23.6 Å². The standard InChI is InChI=1S/C12H13F3N2/c1-17(2)7-8-6-16-11-5-9(12(13,14)15)3-4-10(8)11/h3-6,16H,7H2,1-2H3. The molecule has 5 heteroatoms. The Labute approximate surface area is 97.0 Å². The number of H-pyrrole nitrogens is 1. The minimum absolute atomic E-state index is 0.525. The summed E-state index contributed by atoms with van der Waals surface area (Å²) in [6.45, 7) is 0.700. The van der Waals surface area contributed by atoms with Crippen LogP contribution in [0.15, 0.2) is 24.4 Å². The number of aromatic amines is 1. The Kier molecular flexibility index (Phi) is 2.87. The Hall–Kier alpha value is -1.49. The van der Waals surface area contributed by atoms with Crippen molar-refractivity contribution in [2.45, 2.75) is 12.7 Å². The fraction of sp³-hybridized carbons (Fsp3) is 0.333. The van der Waals surface area contributed by atoms with Crippen LogP contribution in [0.2, 0.25) is 0 Å². The maximum Gasteiger partial charge on any atom is 0.416 e. The lowest BCUT2D eigenvalue weighted by Gasteiger charge is -2.09. The molecule has 92 valence electrons. The Bertz CT molecular complexity index is 526. The van der Waals surface area contributed by atoms with Crippen LogP contribution in [0, 0.1) is 0 Å². The molecule has 0 aliphatic carbocycles. The Morgan fingerprint density at radius 2 is 1.94 bits per heavy atom. The summed E-state index contributed by atoms with van der Waals surface area (Å²) in [5.74, 6) is 0. The van der Waals surface area contributed by atoms with Crippen molar-refractivity contribution in [2.24, 2.45) is 0 Å². The van der Waals surface area contributed by atoms with Crippen LogP contribution in [0.5, 0.6) is 0 Å². The van der Waals surface area contributed by atoms with E-state index in [0.29, 0.717) is 12.1 Å². The maximum absolute atomic E-state index is 12.5. The first kappa shape index (κ1) is 12.0. The van der Waals surface area contributed by atoms with Gasteiger partial charge in [-0.3, -0.25) is 0 Å². The van der Waals surface area contributed by atoms with E-state index >= 15 is 0 Å². The number of fused-ring (bicyclic) bond motifs is 1. The van der Waals surface area contributed by atoms with Crippen LogP contribution in [-0.2, 0) is 12.7 Å². The molecule has 0 unspecified atom stereocenters. The first-order valence-electron chi connectivity index (χ1n) is 5.20. The van der Waals surface area contributed by atoms with Gasteiger partial charge in [0.1, 0.15) is 0 Å². The quantitative estimate of drug-likeness (QED) is 0.856. The second-order valence-electron chi connectivity index (χ2n) is 4.31. The highest BCUT2D eigenvalue weighted by molar-refractivity contribution is 5.83. The zero-order valence-corrected chi connectivity index (χ0v) is 9.60. The topological polar surface area (TPSA) is 19.0 Å². The van der Waals surface area contributed by atoms with E-state index in [-0.39, 0.29) is 0 Å². The highest BCUT2D eigenvalue weighted by Gasteiger charge is 2.30. The normalized spacial score (nSPS) is 12.6. The van der Waals surface area contributed by atoms with Gasteiger partial charge >= 0.3 is 6.18 Å². The lowest BCUT2D eigenvalue weighted by Crippen LogP contribution is -2.10. The van der Waals surface area contributed by atoms with Gasteiger partial charge in [-0.05, 0) is 31.8 Å². The average Bonchev–Trinajstić information content (AvgIpc) is 2.59. The molecule has 1 aromatic heterocycles. The smallest absolute Gasteiger partial charge is 0.361 e. The first-order chi connectivity index (χ1) is 7.88. The summed E-state index contributed by atoms with van der Waals surface area (Å²) in [7, 11) is 3.84. The van der Waals surface area contributed by atoms with E-state index in [1.165, 1.54) is 6.07 Å². The minimum atomic E-state index is -4.29. The van der Waals surface area contributed by atoms with Crippen molar-refractivity contribution in [1.82, 2.24) is 9.88 Å². The second-order valence-corrected chi connectivity index (χ2v) is 4.31. The fourth-order valence-electron chi connectivity index (χ4n) is 1.83. The molecule has 0 spiro atoms. The van der Waals surface area contributed by atoms with Crippen LogP contribution in [0.4, 0.5) is 13.2 Å². The molecule has 1 N–H and O–H groups in total. The van der Waals surface area contributed by atoms with E-state index in [2.05, 4.69) is 4.98 Å². The summed E-state index contributed by atoms with van der Waals surface area (Å²) in [6.07, 6.45) is -2.54. The molecule has 0 bridgehead atoms. The molecule has 0 aliphatic heterocycles. The molecular formula is C12H13F3N2. The van der Waals surface area contributed by atoms with Gasteiger partial charge in [-0.1, -0.05) is 6.07 Å². The van der Waals surface area contributed by atoms with Crippen LogP contribution in [0.3, 0.4) is 0 Å². The molecule has 2 rings (SSSR count). The number of benzene rings is 1. The number of nitrogens with one attached hydrogen (secondary N) is 1. The lowest BCUT2D eigenvalue weighted by molar-refractivity contribution is -0.137. The molecule has 1 heterocycles. The molecule has 2 nitrogen and oxygen atoms in total. The second kappa shape index (κ2) is 4.07. The molecule has 0 radical (unpaired) electrons. The summed E-state index contributed by atoms with van der Waals surface area (Å²) < 4.78 is 37.5. The van der Waals surface area contributed by atoms with Gasteiger partial charge in [-0.2, -0.15) is 13.2 Å². The lowest BCUT2D eigenvalue weighted by atomic mass is 10.1. The summed E-state index contributed by atoms with van der Waals surface area (Å²) >= 11 is 0. The van der Waals surface area contributed by atoms with Gasteiger partial charge in [0.2, 0.25) is 0 Å². The third-order valence-electron chi connectivity index (χ3n) is 2.58. The van der Waals surface area contributed by atoms with Crippen LogP contribution < -0.4 is 0 Å². The molecule has 0 aliphatic rings. The fourth-order valence-corrected chi connectivity index (χ4v) is 1.83. The molecule has 17 heavy (non-hydrogen) atoms. The number of aromatic nitrogens is 1. The zero-order chi connectivity index (χ0) is 12.6. The Morgan fingerprint density at radius 3 is 2.53 bits per heavy atom. The Balaban J connectivity index is 2.45. The van der Waals surface area contributed by atoms with Crippen LogP contribution >= 0.6 is 0 Å². The van der Waals surface area contributed by atoms with Crippen molar-refractivity contribution in [1.29, 1.82) is 0 Å². The van der Waals surface area contributed by atoms with E-state index in [1.807, 2.05) is 19.0 Å². The van der Waals surface area contributed by atoms with Crippen molar-refractivity contribution >= 4 is 10.9 Å². The van der Waals surface area contributed by atoms with Crippen LogP contribution in [0.1, 0.15) is 11.1 Å². The van der Waals surface area contributed by atoms with Crippen molar-refractivity contribution in [3.8, 4) is 0 Å². The number of rotatable bonds is 2. The number of hydrogen-bond donors (Lipinski definition) is 1. The van der Waals surface area contributed by atoms with E-state index in [1.54, 1.807) is 6.20 Å². The van der Waals surface area contributed by atoms with Crippen LogP contribution in [0.25, 0.3) is 10.9 Å². The Morgan fingerprint density at radius 1 is 1.24 bits per heavy atom. The van der Waals surface area contributed by atoms with E-state index in [0.717, 1.165) is 23.1 Å². The molecule has 0 fully saturated rings. The molecule has 2 aromatic rings. The minimum Gasteiger partial charge on any atom is -0.361 e. The van der Waals surface area contributed by atoms with Gasteiger partial charge in [0.15, 0.2) is 0 Å². The predicted octanol–water partition coefficient (Wildman–Crippen LogP) is 3.25. The number of hydrogen-bond acceptors (Lipinski definition) is 1. The van der Waals surface area contributed by atoms with Gasteiger partial charge < -0.3 is 9.88 Å². The van der Waals surface area contributed by atoms with Crippen molar-refractivity contribution in [3.63, 3.8) is 0 Å². The van der Waals surface area contributed by atoms with Crippen molar-refractivity contribution < 1.29 is 13.2 Å². The number of alkyl halides is 3. The monoisotopic (exact) mass is 242 g/mol. The third-order valence-corrected chi connectivity index (χ3v) is 2.58. The zero-order valence-electron chi connectivity index (χ0n) is 9.60. The van der Waals surface area contributed by atoms with E-state index in [4.69, 9.17) is 0 Å². The highest BCUT2D eigenvalue weighted by Crippen LogP contribution is 2.32.